The van der Waals surface area contributed by atoms with E-state index in [2.05, 4.69) is 6.58 Å². The second kappa shape index (κ2) is 6.22. The van der Waals surface area contributed by atoms with Gasteiger partial charge in [-0.05, 0) is 30.7 Å². The fourth-order valence-corrected chi connectivity index (χ4v) is 1.45. The first-order valence-corrected chi connectivity index (χ1v) is 5.57. The normalized spacial score (nSPS) is 12.1. The number of alkyl halides is 3. The summed E-state index contributed by atoms with van der Waals surface area (Å²) in [4.78, 5) is 11.7. The SMILES string of the molecule is C=CC=C(C(=O)OCC)c1ccc(C(F)(F)F)cc1. The third kappa shape index (κ3) is 3.98. The Bertz CT molecular complexity index is 484. The van der Waals surface area contributed by atoms with Gasteiger partial charge in [0.25, 0.3) is 0 Å². The van der Waals surface area contributed by atoms with Crippen LogP contribution >= 0.6 is 0 Å². The van der Waals surface area contributed by atoms with Gasteiger partial charge in [0.2, 0.25) is 0 Å². The van der Waals surface area contributed by atoms with Crippen molar-refractivity contribution in [3.05, 3.63) is 54.1 Å². The molecular formula is C14H13F3O2. The van der Waals surface area contributed by atoms with Gasteiger partial charge < -0.3 is 4.74 Å². The van der Waals surface area contributed by atoms with Crippen LogP contribution in [0.1, 0.15) is 18.1 Å². The first-order valence-electron chi connectivity index (χ1n) is 5.57. The monoisotopic (exact) mass is 270 g/mol. The number of halogens is 3. The van der Waals surface area contributed by atoms with E-state index in [1.165, 1.54) is 24.3 Å². The van der Waals surface area contributed by atoms with Crippen molar-refractivity contribution in [2.75, 3.05) is 6.61 Å². The minimum Gasteiger partial charge on any atom is -0.462 e. The summed E-state index contributed by atoms with van der Waals surface area (Å²) in [6.45, 7) is 5.30. The Labute approximate surface area is 109 Å². The van der Waals surface area contributed by atoms with E-state index in [1.54, 1.807) is 6.92 Å². The van der Waals surface area contributed by atoms with Gasteiger partial charge in [-0.25, -0.2) is 4.79 Å². The van der Waals surface area contributed by atoms with E-state index in [4.69, 9.17) is 4.74 Å². The Balaban J connectivity index is 3.09. The number of carbonyl (C=O) groups is 1. The number of carbonyl (C=O) groups excluding carboxylic acids is 1. The minimum atomic E-state index is -4.40. The van der Waals surface area contributed by atoms with Crippen LogP contribution in [-0.2, 0) is 15.7 Å². The lowest BCUT2D eigenvalue weighted by Gasteiger charge is -2.09. The van der Waals surface area contributed by atoms with Crippen molar-refractivity contribution < 1.29 is 22.7 Å². The molecule has 0 aliphatic carbocycles. The Morgan fingerprint density at radius 2 is 1.89 bits per heavy atom. The van der Waals surface area contributed by atoms with Gasteiger partial charge >= 0.3 is 12.1 Å². The summed E-state index contributed by atoms with van der Waals surface area (Å²) in [6.07, 6.45) is -1.62. The van der Waals surface area contributed by atoms with Crippen LogP contribution in [0.4, 0.5) is 13.2 Å². The molecule has 0 aromatic heterocycles. The number of benzene rings is 1. The van der Waals surface area contributed by atoms with Gasteiger partial charge in [0, 0.05) is 0 Å². The fourth-order valence-electron chi connectivity index (χ4n) is 1.45. The zero-order chi connectivity index (χ0) is 14.5. The number of allylic oxidation sites excluding steroid dienone is 2. The lowest BCUT2D eigenvalue weighted by atomic mass is 10.0. The molecule has 0 amide bonds. The van der Waals surface area contributed by atoms with Gasteiger partial charge in [0.05, 0.1) is 17.7 Å². The van der Waals surface area contributed by atoms with E-state index in [0.717, 1.165) is 12.1 Å². The molecule has 0 aliphatic heterocycles. The highest BCUT2D eigenvalue weighted by atomic mass is 19.4. The third-order valence-corrected chi connectivity index (χ3v) is 2.30. The molecule has 102 valence electrons. The predicted octanol–water partition coefficient (Wildman–Crippen LogP) is 3.84. The average Bonchev–Trinajstić information content (AvgIpc) is 2.35. The Hall–Kier alpha value is -2.04. The highest BCUT2D eigenvalue weighted by Crippen LogP contribution is 2.30. The zero-order valence-electron chi connectivity index (χ0n) is 10.3. The summed E-state index contributed by atoms with van der Waals surface area (Å²) in [7, 11) is 0. The number of hydrogen-bond donors (Lipinski definition) is 0. The number of hydrogen-bond acceptors (Lipinski definition) is 2. The highest BCUT2D eigenvalue weighted by Gasteiger charge is 2.30. The van der Waals surface area contributed by atoms with Crippen molar-refractivity contribution >= 4 is 11.5 Å². The van der Waals surface area contributed by atoms with Crippen LogP contribution in [0, 0.1) is 0 Å². The van der Waals surface area contributed by atoms with Crippen LogP contribution in [0.2, 0.25) is 0 Å². The van der Waals surface area contributed by atoms with Crippen molar-refractivity contribution in [3.63, 3.8) is 0 Å². The third-order valence-electron chi connectivity index (χ3n) is 2.30. The zero-order valence-corrected chi connectivity index (χ0v) is 10.3. The molecule has 0 heterocycles. The first kappa shape index (κ1) is 15.0. The largest absolute Gasteiger partial charge is 0.462 e. The molecule has 0 fully saturated rings. The van der Waals surface area contributed by atoms with E-state index >= 15 is 0 Å². The molecular weight excluding hydrogens is 257 g/mol. The summed E-state index contributed by atoms with van der Waals surface area (Å²) in [5.74, 6) is -0.595. The molecule has 0 bridgehead atoms. The molecule has 5 heteroatoms. The van der Waals surface area contributed by atoms with Crippen LogP contribution in [0.25, 0.3) is 5.57 Å². The second-order valence-corrected chi connectivity index (χ2v) is 3.61. The van der Waals surface area contributed by atoms with Crippen molar-refractivity contribution in [2.24, 2.45) is 0 Å². The number of ether oxygens (including phenoxy) is 1. The lowest BCUT2D eigenvalue weighted by Crippen LogP contribution is -2.08. The Morgan fingerprint density at radius 1 is 1.32 bits per heavy atom. The molecule has 0 saturated carbocycles. The van der Waals surface area contributed by atoms with Gasteiger partial charge in [-0.2, -0.15) is 13.2 Å². The van der Waals surface area contributed by atoms with E-state index in [1.807, 2.05) is 0 Å². The summed E-state index contributed by atoms with van der Waals surface area (Å²) >= 11 is 0. The van der Waals surface area contributed by atoms with Gasteiger partial charge in [-0.15, -0.1) is 0 Å². The highest BCUT2D eigenvalue weighted by molar-refractivity contribution is 6.16. The quantitative estimate of drug-likeness (QED) is 0.472. The van der Waals surface area contributed by atoms with E-state index in [0.29, 0.717) is 5.56 Å². The van der Waals surface area contributed by atoms with Crippen molar-refractivity contribution in [3.8, 4) is 0 Å². The summed E-state index contributed by atoms with van der Waals surface area (Å²) in [6, 6.07) is 4.31. The van der Waals surface area contributed by atoms with E-state index in [9.17, 15) is 18.0 Å². The van der Waals surface area contributed by atoms with Crippen molar-refractivity contribution in [2.45, 2.75) is 13.1 Å². The van der Waals surface area contributed by atoms with Crippen LogP contribution in [0.5, 0.6) is 0 Å². The first-order chi connectivity index (χ1) is 8.90. The second-order valence-electron chi connectivity index (χ2n) is 3.61. The molecule has 1 rings (SSSR count). The van der Waals surface area contributed by atoms with E-state index in [-0.39, 0.29) is 12.2 Å². The fraction of sp³-hybridized carbons (Fsp3) is 0.214. The van der Waals surface area contributed by atoms with Crippen molar-refractivity contribution in [1.82, 2.24) is 0 Å². The summed E-state index contributed by atoms with van der Waals surface area (Å²) in [5.41, 5.74) is -0.241. The molecule has 0 atom stereocenters. The molecule has 0 aliphatic rings. The van der Waals surface area contributed by atoms with Gasteiger partial charge in [-0.3, -0.25) is 0 Å². The van der Waals surface area contributed by atoms with Crippen LogP contribution in [0.3, 0.4) is 0 Å². The molecule has 0 unspecified atom stereocenters. The lowest BCUT2D eigenvalue weighted by molar-refractivity contribution is -0.137. The molecule has 0 N–H and O–H groups in total. The van der Waals surface area contributed by atoms with Gasteiger partial charge in [-0.1, -0.05) is 24.8 Å². The topological polar surface area (TPSA) is 26.3 Å². The Morgan fingerprint density at radius 3 is 2.32 bits per heavy atom. The van der Waals surface area contributed by atoms with Crippen LogP contribution < -0.4 is 0 Å². The smallest absolute Gasteiger partial charge is 0.416 e. The maximum Gasteiger partial charge on any atom is 0.416 e. The summed E-state index contributed by atoms with van der Waals surface area (Å²) in [5, 5.41) is 0. The van der Waals surface area contributed by atoms with Crippen LogP contribution in [-0.4, -0.2) is 12.6 Å². The molecule has 0 spiro atoms. The average molecular weight is 270 g/mol. The molecule has 1 aromatic carbocycles. The predicted molar refractivity (Wildman–Crippen MR) is 66.3 cm³/mol. The maximum atomic E-state index is 12.4. The van der Waals surface area contributed by atoms with Crippen LogP contribution in [0.15, 0.2) is 43.0 Å². The number of rotatable bonds is 4. The standard InChI is InChI=1S/C14H13F3O2/c1-3-5-12(13(18)19-4-2)10-6-8-11(9-7-10)14(15,16)17/h3,5-9H,1,4H2,2H3. The van der Waals surface area contributed by atoms with Gasteiger partial charge in [0.1, 0.15) is 0 Å². The minimum absolute atomic E-state index is 0.172. The summed E-state index contributed by atoms with van der Waals surface area (Å²) < 4.78 is 42.1. The number of esters is 1. The molecule has 19 heavy (non-hydrogen) atoms. The molecule has 0 saturated heterocycles. The Kier molecular flexibility index (Phi) is 4.92. The van der Waals surface area contributed by atoms with Crippen molar-refractivity contribution in [1.29, 1.82) is 0 Å². The molecule has 1 aromatic rings. The molecule has 2 nitrogen and oxygen atoms in total. The van der Waals surface area contributed by atoms with Gasteiger partial charge in [0.15, 0.2) is 0 Å². The molecule has 0 radical (unpaired) electrons. The van der Waals surface area contributed by atoms with E-state index < -0.39 is 17.7 Å². The maximum absolute atomic E-state index is 12.4.